The number of nitrogens with zero attached hydrogens (tertiary/aromatic N) is 2. The summed E-state index contributed by atoms with van der Waals surface area (Å²) in [6, 6.07) is 2.19. The van der Waals surface area contributed by atoms with Crippen molar-refractivity contribution in [1.82, 2.24) is 8.75 Å². The van der Waals surface area contributed by atoms with Crippen LogP contribution < -0.4 is 5.32 Å². The lowest BCUT2D eigenvalue weighted by Gasteiger charge is -2.34. The lowest BCUT2D eigenvalue weighted by molar-refractivity contribution is 0.281. The first kappa shape index (κ1) is 14.4. The van der Waals surface area contributed by atoms with E-state index in [9.17, 15) is 0 Å². The third-order valence-corrected chi connectivity index (χ3v) is 5.35. The second-order valence-electron chi connectivity index (χ2n) is 5.82. The smallest absolute Gasteiger partial charge is 0.130 e. The number of nitrogens with one attached hydrogen (secondary N) is 1. The third kappa shape index (κ3) is 2.61. The van der Waals surface area contributed by atoms with Crippen molar-refractivity contribution in [1.29, 1.82) is 0 Å². The van der Waals surface area contributed by atoms with E-state index in [1.807, 2.05) is 0 Å². The normalized spacial score (nSPS) is 26.9. The molecule has 0 amide bonds. The molecule has 1 aliphatic carbocycles. The highest BCUT2D eigenvalue weighted by atomic mass is 35.5. The monoisotopic (exact) mass is 329 g/mol. The molecule has 3 unspecified atom stereocenters. The standard InChI is InChI=1S/C14H17Cl2N3S/c1-7-3-4-8(2)11(5-7)17-12-9(15)6-10(16)13-14(12)19-20-18-13/h6-8,11,17H,3-5H2,1-2H3. The highest BCUT2D eigenvalue weighted by molar-refractivity contribution is 7.00. The van der Waals surface area contributed by atoms with Gasteiger partial charge in [-0.3, -0.25) is 0 Å². The number of aromatic nitrogens is 2. The fraction of sp³-hybridized carbons (Fsp3) is 0.571. The molecule has 0 radical (unpaired) electrons. The van der Waals surface area contributed by atoms with Crippen molar-refractivity contribution >= 4 is 51.7 Å². The Kier molecular flexibility index (Phi) is 4.07. The molecule has 0 spiro atoms. The van der Waals surface area contributed by atoms with E-state index in [4.69, 9.17) is 23.2 Å². The number of hydrogen-bond acceptors (Lipinski definition) is 4. The van der Waals surface area contributed by atoms with Crippen LogP contribution in [0.4, 0.5) is 5.69 Å². The van der Waals surface area contributed by atoms with Gasteiger partial charge in [0.1, 0.15) is 11.0 Å². The first-order valence-electron chi connectivity index (χ1n) is 6.93. The summed E-state index contributed by atoms with van der Waals surface area (Å²) >= 11 is 13.7. The van der Waals surface area contributed by atoms with Gasteiger partial charge in [-0.05, 0) is 30.7 Å². The van der Waals surface area contributed by atoms with Crippen molar-refractivity contribution in [3.8, 4) is 0 Å². The SMILES string of the molecule is CC1CCC(C)C(Nc2c(Cl)cc(Cl)c3nsnc23)C1. The molecule has 20 heavy (non-hydrogen) atoms. The van der Waals surface area contributed by atoms with Gasteiger partial charge in [-0.2, -0.15) is 8.75 Å². The average molecular weight is 330 g/mol. The molecule has 0 aliphatic heterocycles. The molecule has 1 fully saturated rings. The molecular formula is C14H17Cl2N3S. The van der Waals surface area contributed by atoms with E-state index in [-0.39, 0.29) is 0 Å². The topological polar surface area (TPSA) is 37.8 Å². The summed E-state index contributed by atoms with van der Waals surface area (Å²) in [6.45, 7) is 4.61. The van der Waals surface area contributed by atoms with Gasteiger partial charge in [0.05, 0.1) is 27.5 Å². The largest absolute Gasteiger partial charge is 0.379 e. The zero-order chi connectivity index (χ0) is 14.3. The summed E-state index contributed by atoms with van der Waals surface area (Å²) in [5, 5.41) is 4.79. The van der Waals surface area contributed by atoms with Crippen LogP contribution in [-0.2, 0) is 0 Å². The molecule has 108 valence electrons. The van der Waals surface area contributed by atoms with Crippen LogP contribution in [-0.4, -0.2) is 14.8 Å². The van der Waals surface area contributed by atoms with Crippen molar-refractivity contribution in [2.75, 3.05) is 5.32 Å². The number of halogens is 2. The Balaban J connectivity index is 1.96. The zero-order valence-corrected chi connectivity index (χ0v) is 13.8. The van der Waals surface area contributed by atoms with Gasteiger partial charge < -0.3 is 5.32 Å². The zero-order valence-electron chi connectivity index (χ0n) is 11.5. The van der Waals surface area contributed by atoms with Crippen LogP contribution in [0.15, 0.2) is 6.07 Å². The van der Waals surface area contributed by atoms with Gasteiger partial charge in [0.15, 0.2) is 0 Å². The van der Waals surface area contributed by atoms with E-state index in [1.165, 1.54) is 31.0 Å². The second kappa shape index (κ2) is 5.66. The highest BCUT2D eigenvalue weighted by Crippen LogP contribution is 2.38. The van der Waals surface area contributed by atoms with Crippen LogP contribution in [0.5, 0.6) is 0 Å². The van der Waals surface area contributed by atoms with Crippen LogP contribution in [0.1, 0.15) is 33.1 Å². The van der Waals surface area contributed by atoms with Crippen LogP contribution in [0.25, 0.3) is 11.0 Å². The van der Waals surface area contributed by atoms with Gasteiger partial charge in [0, 0.05) is 6.04 Å². The molecule has 1 aromatic carbocycles. The molecule has 3 nitrogen and oxygen atoms in total. The van der Waals surface area contributed by atoms with Crippen LogP contribution in [0.2, 0.25) is 10.0 Å². The maximum absolute atomic E-state index is 6.36. The fourth-order valence-corrected chi connectivity index (χ4v) is 4.10. The molecule has 3 atom stereocenters. The molecule has 1 heterocycles. The summed E-state index contributed by atoms with van der Waals surface area (Å²) < 4.78 is 8.60. The molecule has 6 heteroatoms. The van der Waals surface area contributed by atoms with E-state index in [0.717, 1.165) is 22.6 Å². The van der Waals surface area contributed by atoms with Crippen molar-refractivity contribution in [3.05, 3.63) is 16.1 Å². The molecule has 3 rings (SSSR count). The van der Waals surface area contributed by atoms with E-state index < -0.39 is 0 Å². The third-order valence-electron chi connectivity index (χ3n) is 4.23. The van der Waals surface area contributed by atoms with Gasteiger partial charge in [-0.1, -0.05) is 43.5 Å². The summed E-state index contributed by atoms with van der Waals surface area (Å²) in [5.74, 6) is 1.39. The van der Waals surface area contributed by atoms with Crippen molar-refractivity contribution < 1.29 is 0 Å². The second-order valence-corrected chi connectivity index (χ2v) is 7.17. The molecule has 0 saturated heterocycles. The molecule has 1 aromatic heterocycles. The van der Waals surface area contributed by atoms with Gasteiger partial charge >= 0.3 is 0 Å². The lowest BCUT2D eigenvalue weighted by Crippen LogP contribution is -2.33. The van der Waals surface area contributed by atoms with Gasteiger partial charge in [-0.25, -0.2) is 0 Å². The van der Waals surface area contributed by atoms with Crippen molar-refractivity contribution in [2.24, 2.45) is 11.8 Å². The average Bonchev–Trinajstić information content (AvgIpc) is 2.88. The van der Waals surface area contributed by atoms with E-state index >= 15 is 0 Å². The van der Waals surface area contributed by atoms with Crippen LogP contribution in [0.3, 0.4) is 0 Å². The van der Waals surface area contributed by atoms with E-state index in [2.05, 4.69) is 27.9 Å². The Morgan fingerprint density at radius 3 is 2.70 bits per heavy atom. The quantitative estimate of drug-likeness (QED) is 0.819. The molecule has 0 bridgehead atoms. The predicted octanol–water partition coefficient (Wildman–Crippen LogP) is 5.23. The number of benzene rings is 1. The van der Waals surface area contributed by atoms with Gasteiger partial charge in [-0.15, -0.1) is 0 Å². The fourth-order valence-electron chi connectivity index (χ4n) is 2.93. The van der Waals surface area contributed by atoms with Crippen molar-refractivity contribution in [2.45, 2.75) is 39.2 Å². The minimum absolute atomic E-state index is 0.433. The minimum atomic E-state index is 0.433. The number of fused-ring (bicyclic) bond motifs is 1. The number of hydrogen-bond donors (Lipinski definition) is 1. The van der Waals surface area contributed by atoms with Crippen LogP contribution >= 0.6 is 34.9 Å². The first-order valence-corrected chi connectivity index (χ1v) is 8.41. The molecule has 2 aromatic rings. The Morgan fingerprint density at radius 2 is 1.90 bits per heavy atom. The maximum atomic E-state index is 6.36. The Hall–Kier alpha value is -0.580. The minimum Gasteiger partial charge on any atom is -0.379 e. The molecule has 1 saturated carbocycles. The summed E-state index contributed by atoms with van der Waals surface area (Å²) in [6.07, 6.45) is 3.73. The number of anilines is 1. The molecule has 1 N–H and O–H groups in total. The molecular weight excluding hydrogens is 313 g/mol. The Labute approximate surface area is 133 Å². The Bertz CT molecular complexity index is 628. The summed E-state index contributed by atoms with van der Waals surface area (Å²) in [4.78, 5) is 0. The summed E-state index contributed by atoms with van der Waals surface area (Å²) in [7, 11) is 0. The first-order chi connectivity index (χ1) is 9.56. The van der Waals surface area contributed by atoms with Gasteiger partial charge in [0.25, 0.3) is 0 Å². The van der Waals surface area contributed by atoms with Crippen molar-refractivity contribution in [3.63, 3.8) is 0 Å². The lowest BCUT2D eigenvalue weighted by atomic mass is 9.80. The van der Waals surface area contributed by atoms with Crippen LogP contribution in [0, 0.1) is 11.8 Å². The van der Waals surface area contributed by atoms with Gasteiger partial charge in [0.2, 0.25) is 0 Å². The Morgan fingerprint density at radius 1 is 1.15 bits per heavy atom. The number of rotatable bonds is 2. The maximum Gasteiger partial charge on any atom is 0.130 e. The predicted molar refractivity (Wildman–Crippen MR) is 87.0 cm³/mol. The molecule has 1 aliphatic rings. The van der Waals surface area contributed by atoms with E-state index in [0.29, 0.717) is 22.0 Å². The summed E-state index contributed by atoms with van der Waals surface area (Å²) in [5.41, 5.74) is 2.41. The highest BCUT2D eigenvalue weighted by Gasteiger charge is 2.27. The van der Waals surface area contributed by atoms with E-state index in [1.54, 1.807) is 6.07 Å².